The Bertz CT molecular complexity index is 1480. The van der Waals surface area contributed by atoms with Crippen molar-refractivity contribution in [2.75, 3.05) is 0 Å². The molecule has 0 bridgehead atoms. The van der Waals surface area contributed by atoms with Gasteiger partial charge in [0.2, 0.25) is 0 Å². The fourth-order valence-electron chi connectivity index (χ4n) is 6.22. The van der Waals surface area contributed by atoms with Crippen molar-refractivity contribution in [3.05, 3.63) is 72.8 Å². The van der Waals surface area contributed by atoms with E-state index in [0.717, 1.165) is 5.75 Å². The van der Waals surface area contributed by atoms with E-state index < -0.39 is 15.1 Å². The molecule has 1 aliphatic rings. The third-order valence-corrected chi connectivity index (χ3v) is 17.1. The van der Waals surface area contributed by atoms with E-state index >= 15 is 4.57 Å². The van der Waals surface area contributed by atoms with E-state index in [9.17, 15) is 0 Å². The van der Waals surface area contributed by atoms with Crippen LogP contribution in [0.15, 0.2) is 72.8 Å². The van der Waals surface area contributed by atoms with E-state index in [1.807, 2.05) is 0 Å². The summed E-state index contributed by atoms with van der Waals surface area (Å²) in [7, 11) is -3.79. The average molecular weight is 531 g/mol. The maximum Gasteiger partial charge on any atom is 0.174 e. The highest BCUT2D eigenvalue weighted by atomic mass is 31.2. The molecule has 0 saturated heterocycles. The fourth-order valence-corrected chi connectivity index (χ4v) is 17.2. The van der Waals surface area contributed by atoms with Gasteiger partial charge in [0.05, 0.1) is 0 Å². The van der Waals surface area contributed by atoms with Gasteiger partial charge in [-0.1, -0.05) is 123 Å². The van der Waals surface area contributed by atoms with E-state index in [4.69, 9.17) is 4.74 Å². The Labute approximate surface area is 223 Å². The van der Waals surface area contributed by atoms with Crippen molar-refractivity contribution in [3.63, 3.8) is 0 Å². The Morgan fingerprint density at radius 1 is 0.703 bits per heavy atom. The maximum atomic E-state index is 15.3. The van der Waals surface area contributed by atoms with Gasteiger partial charge in [0.1, 0.15) is 12.9 Å². The molecule has 2 atom stereocenters. The minimum absolute atomic E-state index is 0.0894. The zero-order valence-corrected chi connectivity index (χ0v) is 25.5. The van der Waals surface area contributed by atoms with Gasteiger partial charge in [0.25, 0.3) is 0 Å². The predicted molar refractivity (Wildman–Crippen MR) is 165 cm³/mol. The second-order valence-corrected chi connectivity index (χ2v) is 21.2. The molecule has 1 unspecified atom stereocenters. The lowest BCUT2D eigenvalue weighted by molar-refractivity contribution is 0.341. The van der Waals surface area contributed by atoms with Gasteiger partial charge in [-0.25, -0.2) is 0 Å². The van der Waals surface area contributed by atoms with Crippen LogP contribution in [0.5, 0.6) is 5.75 Å². The number of rotatable bonds is 2. The Morgan fingerprint density at radius 2 is 1.22 bits per heavy atom. The molecule has 0 radical (unpaired) electrons. The Balaban J connectivity index is 1.87. The molecule has 1 heterocycles. The van der Waals surface area contributed by atoms with Crippen molar-refractivity contribution in [2.45, 2.75) is 83.4 Å². The molecule has 0 aromatic heterocycles. The van der Waals surface area contributed by atoms with Crippen LogP contribution in [0.4, 0.5) is 0 Å². The normalized spacial score (nSPS) is 18.7. The highest BCUT2D eigenvalue weighted by Crippen LogP contribution is 2.80. The van der Waals surface area contributed by atoms with Crippen molar-refractivity contribution in [1.29, 1.82) is 0 Å². The second kappa shape index (κ2) is 8.69. The minimum Gasteiger partial charge on any atom is -0.477 e. The summed E-state index contributed by atoms with van der Waals surface area (Å²) in [4.78, 5) is 0. The van der Waals surface area contributed by atoms with Crippen LogP contribution in [0, 0.1) is 0 Å². The lowest BCUT2D eigenvalue weighted by Crippen LogP contribution is -2.38. The van der Waals surface area contributed by atoms with Crippen molar-refractivity contribution in [2.24, 2.45) is 0 Å². The molecule has 4 aromatic rings. The highest BCUT2D eigenvalue weighted by molar-refractivity contribution is 7.84. The Morgan fingerprint density at radius 3 is 1.70 bits per heavy atom. The molecule has 0 fully saturated rings. The summed E-state index contributed by atoms with van der Waals surface area (Å²) in [6, 6.07) is 26.1. The van der Waals surface area contributed by atoms with Gasteiger partial charge in [0.15, 0.2) is 5.59 Å². The van der Waals surface area contributed by atoms with E-state index in [2.05, 4.69) is 135 Å². The standard InChI is InChI=1S/C33H40O2P2/c1-31(2,3)36-29-26(28-24-17-12-10-15-22(24)21-23-16-11-13-18-25(23)28)19-14-20-27(29)35-30(36)37(34,32(4,5)6)33(7,8)9/h10-21,30H,1-9H3/t30-,36?/m0/s1. The number of hydrogen-bond acceptors (Lipinski definition) is 2. The molecule has 1 aliphatic heterocycles. The van der Waals surface area contributed by atoms with E-state index in [0.29, 0.717) is 0 Å². The van der Waals surface area contributed by atoms with Gasteiger partial charge in [-0.05, 0) is 57.9 Å². The molecule has 0 amide bonds. The molecule has 0 saturated carbocycles. The van der Waals surface area contributed by atoms with Crippen molar-refractivity contribution in [3.8, 4) is 16.9 Å². The van der Waals surface area contributed by atoms with E-state index in [1.54, 1.807) is 0 Å². The second-order valence-electron chi connectivity index (χ2n) is 13.3. The van der Waals surface area contributed by atoms with E-state index in [-0.39, 0.29) is 21.1 Å². The fraction of sp³-hybridized carbons (Fsp3) is 0.394. The molecule has 2 nitrogen and oxygen atoms in total. The SMILES string of the molecule is CC(C)(C)P1c2c(cccc2-c2c3ccccc3cc3ccccc23)O[C@@H]1P(=O)(C(C)(C)C)C(C)(C)C. The summed E-state index contributed by atoms with van der Waals surface area (Å²) in [5.74, 6) is 0.911. The molecule has 0 spiro atoms. The summed E-state index contributed by atoms with van der Waals surface area (Å²) in [5.41, 5.74) is 2.16. The smallest absolute Gasteiger partial charge is 0.174 e. The number of hydrogen-bond donors (Lipinski definition) is 0. The number of ether oxygens (including phenoxy) is 1. The predicted octanol–water partition coefficient (Wildman–Crippen LogP) is 10.2. The van der Waals surface area contributed by atoms with Crippen LogP contribution in [0.3, 0.4) is 0 Å². The van der Waals surface area contributed by atoms with Crippen LogP contribution in [0.2, 0.25) is 0 Å². The first-order valence-corrected chi connectivity index (χ1v) is 16.4. The third kappa shape index (κ3) is 4.07. The molecule has 5 rings (SSSR count). The summed E-state index contributed by atoms with van der Waals surface area (Å²) < 4.78 is 22.3. The molecule has 194 valence electrons. The first-order chi connectivity index (χ1) is 17.2. The molecule has 4 aromatic carbocycles. The lowest BCUT2D eigenvalue weighted by atomic mass is 9.92. The summed E-state index contributed by atoms with van der Waals surface area (Å²) in [5, 5.41) is 5.39. The summed E-state index contributed by atoms with van der Waals surface area (Å²) >= 11 is 0. The lowest BCUT2D eigenvalue weighted by Gasteiger charge is -2.47. The molecular weight excluding hydrogens is 490 g/mol. The van der Waals surface area contributed by atoms with Crippen molar-refractivity contribution >= 4 is 41.9 Å². The summed E-state index contributed by atoms with van der Waals surface area (Å²) in [6.07, 6.45) is 0. The van der Waals surface area contributed by atoms with Gasteiger partial charge in [-0.15, -0.1) is 0 Å². The van der Waals surface area contributed by atoms with Gasteiger partial charge in [0, 0.05) is 15.6 Å². The molecule has 0 N–H and O–H groups in total. The zero-order chi connectivity index (χ0) is 27.0. The van der Waals surface area contributed by atoms with Crippen LogP contribution in [0.1, 0.15) is 62.3 Å². The molecule has 37 heavy (non-hydrogen) atoms. The maximum absolute atomic E-state index is 15.3. The minimum atomic E-state index is -2.87. The Hall–Kier alpha value is -2.14. The van der Waals surface area contributed by atoms with Crippen LogP contribution < -0.4 is 10.0 Å². The van der Waals surface area contributed by atoms with Crippen molar-refractivity contribution in [1.82, 2.24) is 0 Å². The monoisotopic (exact) mass is 530 g/mol. The van der Waals surface area contributed by atoms with Gasteiger partial charge >= 0.3 is 0 Å². The summed E-state index contributed by atoms with van der Waals surface area (Å²) in [6.45, 7) is 19.7. The zero-order valence-electron chi connectivity index (χ0n) is 23.7. The average Bonchev–Trinajstić information content (AvgIpc) is 3.21. The molecular formula is C33H40O2P2. The van der Waals surface area contributed by atoms with Gasteiger partial charge in [-0.2, -0.15) is 0 Å². The first kappa shape index (κ1) is 26.5. The quantitative estimate of drug-likeness (QED) is 0.190. The highest BCUT2D eigenvalue weighted by Gasteiger charge is 2.60. The largest absolute Gasteiger partial charge is 0.477 e. The topological polar surface area (TPSA) is 26.3 Å². The van der Waals surface area contributed by atoms with Crippen LogP contribution in [-0.4, -0.2) is 21.1 Å². The van der Waals surface area contributed by atoms with Crippen LogP contribution in [0.25, 0.3) is 32.7 Å². The first-order valence-electron chi connectivity index (χ1n) is 13.3. The van der Waals surface area contributed by atoms with Crippen molar-refractivity contribution < 1.29 is 9.30 Å². The Kier molecular flexibility index (Phi) is 6.22. The van der Waals surface area contributed by atoms with Gasteiger partial charge in [-0.3, -0.25) is 0 Å². The number of benzene rings is 4. The van der Waals surface area contributed by atoms with E-state index in [1.165, 1.54) is 38.0 Å². The van der Waals surface area contributed by atoms with Gasteiger partial charge < -0.3 is 9.30 Å². The van der Waals surface area contributed by atoms with Crippen LogP contribution in [-0.2, 0) is 4.57 Å². The molecule has 0 aliphatic carbocycles. The third-order valence-electron chi connectivity index (χ3n) is 7.76. The van der Waals surface area contributed by atoms with Crippen LogP contribution >= 0.6 is 15.1 Å². The molecule has 4 heteroatoms. The number of fused-ring (bicyclic) bond motifs is 3.